The van der Waals surface area contributed by atoms with E-state index in [1.54, 1.807) is 7.11 Å². The standard InChI is InChI=1S/C16H24ClNO/c1-16(2,11-18-14-5-6-14)9-8-12-10-13(17)4-7-15(12)19-3/h4,7,10,14,18H,5-6,8-9,11H2,1-3H3. The Labute approximate surface area is 121 Å². The van der Waals surface area contributed by atoms with E-state index in [2.05, 4.69) is 19.2 Å². The van der Waals surface area contributed by atoms with Gasteiger partial charge in [0.2, 0.25) is 0 Å². The van der Waals surface area contributed by atoms with E-state index in [9.17, 15) is 0 Å². The third-order valence-corrected chi connectivity index (χ3v) is 4.00. The molecule has 0 atom stereocenters. The maximum Gasteiger partial charge on any atom is 0.122 e. The van der Waals surface area contributed by atoms with Crippen molar-refractivity contribution in [1.82, 2.24) is 5.32 Å². The monoisotopic (exact) mass is 281 g/mol. The van der Waals surface area contributed by atoms with Crippen molar-refractivity contribution in [2.24, 2.45) is 5.41 Å². The second kappa shape index (κ2) is 6.15. The first kappa shape index (κ1) is 14.7. The zero-order chi connectivity index (χ0) is 13.9. The predicted octanol–water partition coefficient (Wildman–Crippen LogP) is 4.06. The normalized spacial score (nSPS) is 15.6. The zero-order valence-electron chi connectivity index (χ0n) is 12.1. The molecule has 1 aliphatic carbocycles. The first-order valence-electron chi connectivity index (χ1n) is 7.06. The topological polar surface area (TPSA) is 21.3 Å². The number of benzene rings is 1. The van der Waals surface area contributed by atoms with Gasteiger partial charge in [0.25, 0.3) is 0 Å². The lowest BCUT2D eigenvalue weighted by molar-refractivity contribution is 0.311. The summed E-state index contributed by atoms with van der Waals surface area (Å²) in [6.45, 7) is 5.72. The highest BCUT2D eigenvalue weighted by Crippen LogP contribution is 2.29. The fraction of sp³-hybridized carbons (Fsp3) is 0.625. The van der Waals surface area contributed by atoms with Crippen LogP contribution in [0.1, 0.15) is 38.7 Å². The van der Waals surface area contributed by atoms with Crippen LogP contribution in [-0.2, 0) is 6.42 Å². The molecule has 0 saturated heterocycles. The van der Waals surface area contributed by atoms with E-state index in [-0.39, 0.29) is 0 Å². The fourth-order valence-corrected chi connectivity index (χ4v) is 2.41. The SMILES string of the molecule is COc1ccc(Cl)cc1CCC(C)(C)CNC1CC1. The van der Waals surface area contributed by atoms with Crippen LogP contribution in [0.15, 0.2) is 18.2 Å². The van der Waals surface area contributed by atoms with Gasteiger partial charge in [-0.2, -0.15) is 0 Å². The van der Waals surface area contributed by atoms with E-state index in [0.717, 1.165) is 36.2 Å². The Morgan fingerprint density at radius 3 is 2.74 bits per heavy atom. The molecule has 0 radical (unpaired) electrons. The molecule has 0 aliphatic heterocycles. The number of aryl methyl sites for hydroxylation is 1. The average molecular weight is 282 g/mol. The maximum atomic E-state index is 6.07. The molecule has 0 bridgehead atoms. The minimum Gasteiger partial charge on any atom is -0.496 e. The summed E-state index contributed by atoms with van der Waals surface area (Å²) in [5, 5.41) is 4.40. The lowest BCUT2D eigenvalue weighted by Gasteiger charge is -2.25. The summed E-state index contributed by atoms with van der Waals surface area (Å²) in [6.07, 6.45) is 4.82. The van der Waals surface area contributed by atoms with E-state index in [1.807, 2.05) is 18.2 Å². The van der Waals surface area contributed by atoms with Gasteiger partial charge in [-0.1, -0.05) is 25.4 Å². The quantitative estimate of drug-likeness (QED) is 0.814. The van der Waals surface area contributed by atoms with Crippen LogP contribution in [-0.4, -0.2) is 19.7 Å². The van der Waals surface area contributed by atoms with Gasteiger partial charge in [0.15, 0.2) is 0 Å². The number of rotatable bonds is 7. The first-order chi connectivity index (χ1) is 9.00. The van der Waals surface area contributed by atoms with Crippen LogP contribution < -0.4 is 10.1 Å². The molecule has 19 heavy (non-hydrogen) atoms. The lowest BCUT2D eigenvalue weighted by Crippen LogP contribution is -2.31. The molecule has 0 heterocycles. The molecule has 1 fully saturated rings. The zero-order valence-corrected chi connectivity index (χ0v) is 12.9. The predicted molar refractivity (Wildman–Crippen MR) is 81.1 cm³/mol. The van der Waals surface area contributed by atoms with Crippen molar-refractivity contribution in [3.8, 4) is 5.75 Å². The third kappa shape index (κ3) is 4.70. The fourth-order valence-electron chi connectivity index (χ4n) is 2.21. The van der Waals surface area contributed by atoms with Crippen LogP contribution >= 0.6 is 11.6 Å². The number of halogens is 1. The van der Waals surface area contributed by atoms with Crippen LogP contribution in [0.25, 0.3) is 0 Å². The van der Waals surface area contributed by atoms with Crippen LogP contribution in [0, 0.1) is 5.41 Å². The van der Waals surface area contributed by atoms with Crippen molar-refractivity contribution in [1.29, 1.82) is 0 Å². The minimum atomic E-state index is 0.302. The number of methoxy groups -OCH3 is 1. The highest BCUT2D eigenvalue weighted by atomic mass is 35.5. The molecular weight excluding hydrogens is 258 g/mol. The molecule has 0 aromatic heterocycles. The molecule has 1 saturated carbocycles. The number of ether oxygens (including phenoxy) is 1. The summed E-state index contributed by atoms with van der Waals surface area (Å²) < 4.78 is 5.40. The van der Waals surface area contributed by atoms with Gasteiger partial charge >= 0.3 is 0 Å². The van der Waals surface area contributed by atoms with Gasteiger partial charge in [0.05, 0.1) is 7.11 Å². The van der Waals surface area contributed by atoms with E-state index in [4.69, 9.17) is 16.3 Å². The summed E-state index contributed by atoms with van der Waals surface area (Å²) in [5.41, 5.74) is 1.50. The van der Waals surface area contributed by atoms with Gasteiger partial charge in [-0.05, 0) is 54.9 Å². The Bertz CT molecular complexity index is 427. The van der Waals surface area contributed by atoms with Gasteiger partial charge in [-0.25, -0.2) is 0 Å². The van der Waals surface area contributed by atoms with E-state index in [0.29, 0.717) is 5.41 Å². The Balaban J connectivity index is 1.90. The molecule has 0 unspecified atom stereocenters. The molecule has 0 spiro atoms. The second-order valence-corrected chi connectivity index (χ2v) is 6.71. The first-order valence-corrected chi connectivity index (χ1v) is 7.44. The molecular formula is C16H24ClNO. The van der Waals surface area contributed by atoms with Crippen molar-refractivity contribution < 1.29 is 4.74 Å². The van der Waals surface area contributed by atoms with Gasteiger partial charge in [-0.3, -0.25) is 0 Å². The average Bonchev–Trinajstić information content (AvgIpc) is 3.18. The maximum absolute atomic E-state index is 6.07. The summed E-state index contributed by atoms with van der Waals surface area (Å²) in [7, 11) is 1.71. The van der Waals surface area contributed by atoms with Crippen molar-refractivity contribution >= 4 is 11.6 Å². The van der Waals surface area contributed by atoms with Gasteiger partial charge < -0.3 is 10.1 Å². The highest BCUT2D eigenvalue weighted by molar-refractivity contribution is 6.30. The molecule has 1 aliphatic rings. The minimum absolute atomic E-state index is 0.302. The van der Waals surface area contributed by atoms with Gasteiger partial charge in [0, 0.05) is 17.6 Å². The molecule has 1 aromatic carbocycles. The molecule has 0 amide bonds. The summed E-state index contributed by atoms with van der Waals surface area (Å²) in [5.74, 6) is 0.940. The van der Waals surface area contributed by atoms with Gasteiger partial charge in [0.1, 0.15) is 5.75 Å². The number of nitrogens with one attached hydrogen (secondary N) is 1. The van der Waals surface area contributed by atoms with Crippen LogP contribution in [0.4, 0.5) is 0 Å². The van der Waals surface area contributed by atoms with E-state index < -0.39 is 0 Å². The Hall–Kier alpha value is -0.730. The Morgan fingerprint density at radius 2 is 2.11 bits per heavy atom. The highest BCUT2D eigenvalue weighted by Gasteiger charge is 2.25. The summed E-state index contributed by atoms with van der Waals surface area (Å²) in [6, 6.07) is 6.63. The van der Waals surface area contributed by atoms with E-state index >= 15 is 0 Å². The molecule has 106 valence electrons. The van der Waals surface area contributed by atoms with Crippen molar-refractivity contribution in [2.45, 2.75) is 45.6 Å². The molecule has 1 N–H and O–H groups in total. The molecule has 2 rings (SSSR count). The third-order valence-electron chi connectivity index (χ3n) is 3.76. The number of hydrogen-bond acceptors (Lipinski definition) is 2. The van der Waals surface area contributed by atoms with Gasteiger partial charge in [-0.15, -0.1) is 0 Å². The largest absolute Gasteiger partial charge is 0.496 e. The second-order valence-electron chi connectivity index (χ2n) is 6.28. The van der Waals surface area contributed by atoms with Crippen LogP contribution in [0.2, 0.25) is 5.02 Å². The van der Waals surface area contributed by atoms with Crippen molar-refractivity contribution in [3.05, 3.63) is 28.8 Å². The van der Waals surface area contributed by atoms with Crippen LogP contribution in [0.5, 0.6) is 5.75 Å². The number of hydrogen-bond donors (Lipinski definition) is 1. The van der Waals surface area contributed by atoms with Crippen molar-refractivity contribution in [3.63, 3.8) is 0 Å². The van der Waals surface area contributed by atoms with Crippen LogP contribution in [0.3, 0.4) is 0 Å². The lowest BCUT2D eigenvalue weighted by atomic mass is 9.86. The molecule has 1 aromatic rings. The van der Waals surface area contributed by atoms with Crippen molar-refractivity contribution in [2.75, 3.05) is 13.7 Å². The molecule has 2 nitrogen and oxygen atoms in total. The molecule has 3 heteroatoms. The summed E-state index contributed by atoms with van der Waals surface area (Å²) >= 11 is 6.07. The Morgan fingerprint density at radius 1 is 1.37 bits per heavy atom. The smallest absolute Gasteiger partial charge is 0.122 e. The summed E-state index contributed by atoms with van der Waals surface area (Å²) in [4.78, 5) is 0. The Kier molecular flexibility index (Phi) is 4.75. The van der Waals surface area contributed by atoms with E-state index in [1.165, 1.54) is 18.4 Å².